The second kappa shape index (κ2) is 16.0. The Balaban J connectivity index is 1.85. The highest BCUT2D eigenvalue weighted by atomic mass is 16.7. The van der Waals surface area contributed by atoms with Gasteiger partial charge in [-0.15, -0.1) is 0 Å². The molecule has 0 unspecified atom stereocenters. The van der Waals surface area contributed by atoms with Crippen molar-refractivity contribution in [2.45, 2.75) is 199 Å². The molecule has 0 radical (unpaired) electrons. The molecule has 52 heavy (non-hydrogen) atoms. The van der Waals surface area contributed by atoms with Gasteiger partial charge in [-0.2, -0.15) is 0 Å². The number of esters is 1. The number of aliphatic hydroxyl groups is 6. The van der Waals surface area contributed by atoms with Crippen molar-refractivity contribution in [3.05, 3.63) is 11.3 Å². The third-order valence-corrected chi connectivity index (χ3v) is 12.2. The van der Waals surface area contributed by atoms with Crippen LogP contribution in [0.2, 0.25) is 0 Å². The fourth-order valence-electron chi connectivity index (χ4n) is 8.87. The highest BCUT2D eigenvalue weighted by molar-refractivity contribution is 5.73. The van der Waals surface area contributed by atoms with Crippen LogP contribution in [0.25, 0.3) is 0 Å². The molecule has 0 aliphatic carbocycles. The first-order chi connectivity index (χ1) is 23.8. The average molecular weight is 746 g/mol. The van der Waals surface area contributed by atoms with Gasteiger partial charge in [0, 0.05) is 36.8 Å². The summed E-state index contributed by atoms with van der Waals surface area (Å²) in [5, 5.41) is 67.7. The number of aliphatic hydroxyl groups excluding tert-OH is 4. The lowest BCUT2D eigenvalue weighted by molar-refractivity contribution is -0.316. The topological polar surface area (TPSA) is 197 Å². The SMILES string of the molecule is CC1=C2O[C@](C)(C1)[C@H](O[C@@H]1O[C@H](C)C[C@H](N(C)C(C)C)[C@H]1O)[C@@H](C)[C@H](O[C@H]1C[C@@](C)(O)[C@@H](O)[C@H](C)O1)[C@@H](C)C(=O)O[C@H]([C@H](C)O)[C@@](C)(O)[C@H](O)[C@H]2C. The molecule has 0 saturated carbocycles. The molecule has 0 amide bonds. The Kier molecular flexibility index (Phi) is 13.3. The van der Waals surface area contributed by atoms with Gasteiger partial charge in [0.05, 0.1) is 42.0 Å². The second-order valence-corrected chi connectivity index (χ2v) is 17.2. The molecule has 14 nitrogen and oxygen atoms in total. The highest BCUT2D eigenvalue weighted by Crippen LogP contribution is 2.47. The molecule has 4 aliphatic rings. The number of carbonyl (C=O) groups is 1. The first-order valence-electron chi connectivity index (χ1n) is 18.9. The molecule has 0 aromatic rings. The lowest BCUT2D eigenvalue weighted by atomic mass is 9.78. The summed E-state index contributed by atoms with van der Waals surface area (Å²) >= 11 is 0. The fraction of sp³-hybridized carbons (Fsp3) is 0.921. The zero-order valence-electron chi connectivity index (χ0n) is 33.3. The summed E-state index contributed by atoms with van der Waals surface area (Å²) in [5.41, 5.74) is -4.05. The minimum absolute atomic E-state index is 0.118. The molecule has 14 heteroatoms. The third-order valence-electron chi connectivity index (χ3n) is 12.2. The van der Waals surface area contributed by atoms with E-state index in [1.807, 2.05) is 48.6 Å². The summed E-state index contributed by atoms with van der Waals surface area (Å²) < 4.78 is 38.5. The van der Waals surface area contributed by atoms with Gasteiger partial charge in [-0.1, -0.05) is 13.8 Å². The summed E-state index contributed by atoms with van der Waals surface area (Å²) in [6.45, 7) is 20.7. The number of carbonyl (C=O) groups excluding carboxylic acids is 1. The summed E-state index contributed by atoms with van der Waals surface area (Å²) in [7, 11) is 1.95. The normalized spacial score (nSPS) is 48.8. The fourth-order valence-corrected chi connectivity index (χ4v) is 8.87. The largest absolute Gasteiger partial charge is 0.489 e. The van der Waals surface area contributed by atoms with Crippen molar-refractivity contribution in [1.29, 1.82) is 0 Å². The molecule has 3 fully saturated rings. The van der Waals surface area contributed by atoms with Crippen LogP contribution in [0.1, 0.15) is 102 Å². The number of nitrogens with zero attached hydrogens (tertiary/aromatic N) is 1. The minimum Gasteiger partial charge on any atom is -0.489 e. The van der Waals surface area contributed by atoms with Gasteiger partial charge in [0.15, 0.2) is 18.7 Å². The number of likely N-dealkylation sites (N-methyl/N-ethyl adjacent to an activating group) is 1. The van der Waals surface area contributed by atoms with Crippen molar-refractivity contribution < 1.29 is 63.9 Å². The van der Waals surface area contributed by atoms with Gasteiger partial charge < -0.3 is 59.1 Å². The standard InChI is InChI=1S/C38H67NO13/c1-17(2)39(13)25-14-19(4)47-35(27(25)41)51-32-21(6)29(49-26-16-36(10,45)31(43)24(9)48-26)22(7)34(44)50-33(23(8)40)38(12,46)30(42)20(5)28-18(3)15-37(32,11)52-28/h17,19-27,29-33,35,40-43,45-46H,14-16H2,1-13H3/t19-,20+,21+,22-,23+,24+,25+,26+,27-,29+,30-,31+,32-,33-,35+,36-,37-,38+/m1/s1. The molecule has 3 saturated heterocycles. The van der Waals surface area contributed by atoms with Crippen molar-refractivity contribution in [1.82, 2.24) is 4.90 Å². The van der Waals surface area contributed by atoms with Gasteiger partial charge in [0.2, 0.25) is 0 Å². The van der Waals surface area contributed by atoms with Gasteiger partial charge in [0.25, 0.3) is 0 Å². The van der Waals surface area contributed by atoms with Crippen molar-refractivity contribution >= 4 is 5.97 Å². The predicted octanol–water partition coefficient (Wildman–Crippen LogP) is 1.99. The van der Waals surface area contributed by atoms with Crippen LogP contribution in [0.15, 0.2) is 11.3 Å². The molecule has 0 spiro atoms. The highest BCUT2D eigenvalue weighted by Gasteiger charge is 2.56. The Labute approximate surface area is 309 Å². The van der Waals surface area contributed by atoms with E-state index in [9.17, 15) is 35.4 Å². The molecule has 4 rings (SSSR count). The van der Waals surface area contributed by atoms with Crippen molar-refractivity contribution in [3.8, 4) is 0 Å². The lowest BCUT2D eigenvalue weighted by Crippen LogP contribution is -2.61. The Bertz CT molecular complexity index is 1270. The zero-order chi connectivity index (χ0) is 39.4. The van der Waals surface area contributed by atoms with Crippen LogP contribution in [-0.4, -0.2) is 145 Å². The van der Waals surface area contributed by atoms with E-state index in [0.29, 0.717) is 18.6 Å². The van der Waals surface area contributed by atoms with Gasteiger partial charge in [-0.3, -0.25) is 9.69 Å². The number of rotatable bonds is 7. The Hall–Kier alpha value is -1.43. The molecule has 18 atom stereocenters. The van der Waals surface area contributed by atoms with E-state index in [1.54, 1.807) is 20.8 Å². The van der Waals surface area contributed by atoms with Crippen LogP contribution in [-0.2, 0) is 33.2 Å². The van der Waals surface area contributed by atoms with Crippen LogP contribution >= 0.6 is 0 Å². The van der Waals surface area contributed by atoms with Crippen LogP contribution in [0.4, 0.5) is 0 Å². The van der Waals surface area contributed by atoms with E-state index in [0.717, 1.165) is 5.57 Å². The molecular weight excluding hydrogens is 678 g/mol. The summed E-state index contributed by atoms with van der Waals surface area (Å²) in [4.78, 5) is 16.2. The number of fused-ring (bicyclic) bond motifs is 2. The van der Waals surface area contributed by atoms with E-state index in [-0.39, 0.29) is 24.6 Å². The van der Waals surface area contributed by atoms with Gasteiger partial charge in [0.1, 0.15) is 35.3 Å². The van der Waals surface area contributed by atoms with Crippen LogP contribution in [0, 0.1) is 17.8 Å². The third kappa shape index (κ3) is 8.52. The number of cyclic esters (lactones) is 1. The second-order valence-electron chi connectivity index (χ2n) is 17.2. The van der Waals surface area contributed by atoms with Crippen molar-refractivity contribution in [3.63, 3.8) is 0 Å². The Morgan fingerprint density at radius 3 is 2.10 bits per heavy atom. The molecule has 4 aliphatic heterocycles. The molecule has 2 bridgehead atoms. The van der Waals surface area contributed by atoms with Gasteiger partial charge >= 0.3 is 5.97 Å². The van der Waals surface area contributed by atoms with E-state index in [4.69, 9.17) is 28.4 Å². The molecular formula is C38H67NO13. The van der Waals surface area contributed by atoms with Crippen LogP contribution in [0.5, 0.6) is 0 Å². The van der Waals surface area contributed by atoms with E-state index in [1.165, 1.54) is 20.8 Å². The van der Waals surface area contributed by atoms with Crippen LogP contribution < -0.4 is 0 Å². The van der Waals surface area contributed by atoms with Crippen LogP contribution in [0.3, 0.4) is 0 Å². The zero-order valence-corrected chi connectivity index (χ0v) is 33.3. The average Bonchev–Trinajstić information content (AvgIpc) is 3.36. The number of ether oxygens (including phenoxy) is 6. The molecule has 302 valence electrons. The lowest BCUT2D eigenvalue weighted by Gasteiger charge is -2.48. The van der Waals surface area contributed by atoms with E-state index in [2.05, 4.69) is 4.90 Å². The monoisotopic (exact) mass is 745 g/mol. The Morgan fingerprint density at radius 2 is 1.54 bits per heavy atom. The first-order valence-corrected chi connectivity index (χ1v) is 18.9. The minimum atomic E-state index is -2.12. The smallest absolute Gasteiger partial charge is 0.311 e. The van der Waals surface area contributed by atoms with E-state index >= 15 is 0 Å². The summed E-state index contributed by atoms with van der Waals surface area (Å²) in [5.74, 6) is -3.04. The maximum Gasteiger partial charge on any atom is 0.311 e. The predicted molar refractivity (Wildman–Crippen MR) is 189 cm³/mol. The van der Waals surface area contributed by atoms with Gasteiger partial charge in [-0.25, -0.2) is 0 Å². The van der Waals surface area contributed by atoms with Crippen molar-refractivity contribution in [2.24, 2.45) is 17.8 Å². The summed E-state index contributed by atoms with van der Waals surface area (Å²) in [6, 6.07) is -0.151. The molecule has 0 aromatic heterocycles. The quantitative estimate of drug-likeness (QED) is 0.207. The maximum atomic E-state index is 14.1. The van der Waals surface area contributed by atoms with E-state index < -0.39 is 102 Å². The maximum absolute atomic E-state index is 14.1. The first kappa shape index (κ1) is 43.3. The summed E-state index contributed by atoms with van der Waals surface area (Å²) in [6.07, 6.45) is -11.1. The molecule has 4 heterocycles. The number of hydrogen-bond acceptors (Lipinski definition) is 14. The molecule has 6 N–H and O–H groups in total. The number of hydrogen-bond donors (Lipinski definition) is 6. The van der Waals surface area contributed by atoms with Crippen molar-refractivity contribution in [2.75, 3.05) is 7.05 Å². The Morgan fingerprint density at radius 1 is 0.923 bits per heavy atom. The van der Waals surface area contributed by atoms with Gasteiger partial charge in [-0.05, 0) is 88.3 Å². The molecule has 0 aromatic carbocycles.